The molecule has 0 unspecified atom stereocenters. The maximum Gasteiger partial charge on any atom is 0.433 e. The molecule has 8 heteroatoms. The first-order chi connectivity index (χ1) is 12.4. The van der Waals surface area contributed by atoms with Gasteiger partial charge in [0.25, 0.3) is 0 Å². The van der Waals surface area contributed by atoms with E-state index in [1.54, 1.807) is 0 Å². The van der Waals surface area contributed by atoms with Crippen LogP contribution in [0.5, 0.6) is 0 Å². The Morgan fingerprint density at radius 2 is 1.85 bits per heavy atom. The number of nitrogens with one attached hydrogen (secondary N) is 2. The Kier molecular flexibility index (Phi) is 6.01. The van der Waals surface area contributed by atoms with E-state index in [0.717, 1.165) is 41.8 Å². The normalized spacial score (nSPS) is 15.7. The summed E-state index contributed by atoms with van der Waals surface area (Å²) < 4.78 is 40.5. The highest BCUT2D eigenvalue weighted by Gasteiger charge is 2.34. The topological polar surface area (TPSA) is 49.8 Å². The third-order valence-electron chi connectivity index (χ3n) is 4.32. The van der Waals surface area contributed by atoms with Gasteiger partial charge in [-0.3, -0.25) is 0 Å². The molecule has 1 aliphatic rings. The van der Waals surface area contributed by atoms with Crippen molar-refractivity contribution in [2.45, 2.75) is 50.9 Å². The molecule has 1 aromatic carbocycles. The highest BCUT2D eigenvalue weighted by atomic mass is 79.9. The van der Waals surface area contributed by atoms with Crippen molar-refractivity contribution >= 4 is 27.7 Å². The fourth-order valence-electron chi connectivity index (χ4n) is 3.02. The summed E-state index contributed by atoms with van der Waals surface area (Å²) in [6.07, 6.45) is 0.662. The van der Waals surface area contributed by atoms with Crippen molar-refractivity contribution in [2.75, 3.05) is 10.6 Å². The molecular weight excluding hydrogens is 409 g/mol. The molecule has 26 heavy (non-hydrogen) atoms. The van der Waals surface area contributed by atoms with Crippen LogP contribution in [0.3, 0.4) is 0 Å². The Bertz CT molecular complexity index is 745. The van der Waals surface area contributed by atoms with E-state index >= 15 is 0 Å². The molecule has 2 aromatic rings. The number of hydrogen-bond acceptors (Lipinski definition) is 4. The van der Waals surface area contributed by atoms with Crippen LogP contribution in [0.2, 0.25) is 0 Å². The number of hydrogen-bond donors (Lipinski definition) is 2. The van der Waals surface area contributed by atoms with Gasteiger partial charge in [-0.25, -0.2) is 4.98 Å². The van der Waals surface area contributed by atoms with E-state index in [4.69, 9.17) is 0 Å². The van der Waals surface area contributed by atoms with Crippen LogP contribution < -0.4 is 10.6 Å². The summed E-state index contributed by atoms with van der Waals surface area (Å²) in [4.78, 5) is 7.91. The summed E-state index contributed by atoms with van der Waals surface area (Å²) in [7, 11) is 0. The number of anilines is 2. The first-order valence-electron chi connectivity index (χ1n) is 8.61. The third-order valence-corrected chi connectivity index (χ3v) is 4.81. The van der Waals surface area contributed by atoms with Crippen LogP contribution in [0.15, 0.2) is 34.8 Å². The molecule has 1 heterocycles. The van der Waals surface area contributed by atoms with Crippen LogP contribution in [0.1, 0.15) is 43.4 Å². The average molecular weight is 429 g/mol. The van der Waals surface area contributed by atoms with Gasteiger partial charge in [-0.05, 0) is 30.5 Å². The molecule has 0 radical (unpaired) electrons. The van der Waals surface area contributed by atoms with Crippen LogP contribution in [0.4, 0.5) is 24.9 Å². The van der Waals surface area contributed by atoms with E-state index in [9.17, 15) is 13.2 Å². The molecule has 0 saturated heterocycles. The molecule has 0 amide bonds. The zero-order valence-corrected chi connectivity index (χ0v) is 15.7. The monoisotopic (exact) mass is 428 g/mol. The fourth-order valence-corrected chi connectivity index (χ4v) is 3.46. The molecule has 0 bridgehead atoms. The Balaban J connectivity index is 1.77. The summed E-state index contributed by atoms with van der Waals surface area (Å²) in [5, 5.41) is 6.04. The summed E-state index contributed by atoms with van der Waals surface area (Å²) in [5.74, 6) is 0.189. The van der Waals surface area contributed by atoms with E-state index in [1.807, 2.05) is 24.3 Å². The quantitative estimate of drug-likeness (QED) is 0.649. The highest BCUT2D eigenvalue weighted by molar-refractivity contribution is 9.10. The number of aromatic nitrogens is 2. The molecule has 2 N–H and O–H groups in total. The van der Waals surface area contributed by atoms with Gasteiger partial charge in [0, 0.05) is 23.1 Å². The Labute approximate surface area is 158 Å². The molecule has 0 spiro atoms. The molecule has 1 saturated carbocycles. The molecule has 1 fully saturated rings. The molecule has 0 atom stereocenters. The lowest BCUT2D eigenvalue weighted by Gasteiger charge is -2.23. The third kappa shape index (κ3) is 5.33. The average Bonchev–Trinajstić information content (AvgIpc) is 2.60. The van der Waals surface area contributed by atoms with E-state index < -0.39 is 11.9 Å². The van der Waals surface area contributed by atoms with Crippen LogP contribution in [-0.4, -0.2) is 16.0 Å². The van der Waals surface area contributed by atoms with Crippen LogP contribution in [0, 0.1) is 0 Å². The smallest absolute Gasteiger partial charge is 0.366 e. The number of benzene rings is 1. The van der Waals surface area contributed by atoms with E-state index in [0.29, 0.717) is 6.54 Å². The van der Waals surface area contributed by atoms with Gasteiger partial charge in [0.15, 0.2) is 5.69 Å². The molecule has 3 rings (SSSR count). The highest BCUT2D eigenvalue weighted by Crippen LogP contribution is 2.30. The SMILES string of the molecule is FC(F)(F)c1cc(NCc2cccc(Br)c2)nc(NC2CCCCC2)n1. The second-order valence-corrected chi connectivity index (χ2v) is 7.34. The van der Waals surface area contributed by atoms with E-state index in [2.05, 4.69) is 36.5 Å². The van der Waals surface area contributed by atoms with Gasteiger partial charge < -0.3 is 10.6 Å². The van der Waals surface area contributed by atoms with Crippen LogP contribution in [0.25, 0.3) is 0 Å². The predicted octanol–water partition coefficient (Wildman–Crippen LogP) is 5.61. The van der Waals surface area contributed by atoms with Crippen molar-refractivity contribution in [3.63, 3.8) is 0 Å². The van der Waals surface area contributed by atoms with Crippen molar-refractivity contribution in [1.82, 2.24) is 9.97 Å². The molecule has 1 aliphatic carbocycles. The molecule has 1 aromatic heterocycles. The first kappa shape index (κ1) is 18.9. The maximum atomic E-state index is 13.2. The number of nitrogens with zero attached hydrogens (tertiary/aromatic N) is 2. The summed E-state index contributed by atoms with van der Waals surface area (Å²) in [6.45, 7) is 0.372. The standard InChI is InChI=1S/C18H20BrF3N4/c19-13-6-4-5-12(9-13)11-23-16-10-15(18(20,21)22)25-17(26-16)24-14-7-2-1-3-8-14/h4-6,9-10,14H,1-3,7-8,11H2,(H2,23,24,25,26). The van der Waals surface area contributed by atoms with Crippen LogP contribution in [-0.2, 0) is 12.7 Å². The Morgan fingerprint density at radius 3 is 2.54 bits per heavy atom. The molecular formula is C18H20BrF3N4. The fraction of sp³-hybridized carbons (Fsp3) is 0.444. The largest absolute Gasteiger partial charge is 0.433 e. The second kappa shape index (κ2) is 8.24. The minimum absolute atomic E-state index is 0.0310. The van der Waals surface area contributed by atoms with Gasteiger partial charge in [0.05, 0.1) is 0 Å². The van der Waals surface area contributed by atoms with Crippen molar-refractivity contribution in [3.05, 3.63) is 46.1 Å². The first-order valence-corrected chi connectivity index (χ1v) is 9.40. The van der Waals surface area contributed by atoms with E-state index in [1.165, 1.54) is 6.42 Å². The predicted molar refractivity (Wildman–Crippen MR) is 99.0 cm³/mol. The minimum Gasteiger partial charge on any atom is -0.366 e. The summed E-state index contributed by atoms with van der Waals surface area (Å²) in [6, 6.07) is 8.64. The zero-order chi connectivity index (χ0) is 18.6. The number of alkyl halides is 3. The zero-order valence-electron chi connectivity index (χ0n) is 14.1. The van der Waals surface area contributed by atoms with Gasteiger partial charge in [-0.2, -0.15) is 18.2 Å². The Hall–Kier alpha value is -1.83. The van der Waals surface area contributed by atoms with Gasteiger partial charge in [-0.1, -0.05) is 47.3 Å². The lowest BCUT2D eigenvalue weighted by Crippen LogP contribution is -2.24. The van der Waals surface area contributed by atoms with Gasteiger partial charge >= 0.3 is 6.18 Å². The van der Waals surface area contributed by atoms with Crippen molar-refractivity contribution < 1.29 is 13.2 Å². The lowest BCUT2D eigenvalue weighted by atomic mass is 9.96. The summed E-state index contributed by atoms with van der Waals surface area (Å²) >= 11 is 3.38. The van der Waals surface area contributed by atoms with Crippen LogP contribution >= 0.6 is 15.9 Å². The second-order valence-electron chi connectivity index (χ2n) is 6.42. The number of halogens is 4. The maximum absolute atomic E-state index is 13.2. The summed E-state index contributed by atoms with van der Waals surface area (Å²) in [5.41, 5.74) is -0.00381. The lowest BCUT2D eigenvalue weighted by molar-refractivity contribution is -0.141. The molecule has 140 valence electrons. The van der Waals surface area contributed by atoms with Gasteiger partial charge in [-0.15, -0.1) is 0 Å². The van der Waals surface area contributed by atoms with Crippen molar-refractivity contribution in [1.29, 1.82) is 0 Å². The number of rotatable bonds is 5. The van der Waals surface area contributed by atoms with Gasteiger partial charge in [0.2, 0.25) is 5.95 Å². The minimum atomic E-state index is -4.52. The molecule has 0 aliphatic heterocycles. The van der Waals surface area contributed by atoms with E-state index in [-0.39, 0.29) is 17.8 Å². The molecule has 4 nitrogen and oxygen atoms in total. The van der Waals surface area contributed by atoms with Crippen molar-refractivity contribution in [3.8, 4) is 0 Å². The van der Waals surface area contributed by atoms with Crippen molar-refractivity contribution in [2.24, 2.45) is 0 Å². The Morgan fingerprint density at radius 1 is 1.08 bits per heavy atom. The van der Waals surface area contributed by atoms with Gasteiger partial charge in [0.1, 0.15) is 5.82 Å².